The number of methoxy groups -OCH3 is 1. The summed E-state index contributed by atoms with van der Waals surface area (Å²) in [5, 5.41) is 18.3. The van der Waals surface area contributed by atoms with Crippen molar-refractivity contribution in [3.8, 4) is 34.2 Å². The molecule has 1 N–H and O–H groups in total. The Morgan fingerprint density at radius 1 is 1.10 bits per heavy atom. The molecule has 2 aromatic heterocycles. The van der Waals surface area contributed by atoms with Crippen LogP contribution in [0.15, 0.2) is 55.0 Å². The second-order valence-electron chi connectivity index (χ2n) is 6.39. The minimum atomic E-state index is -0.836. The summed E-state index contributed by atoms with van der Waals surface area (Å²) >= 11 is 0. The summed E-state index contributed by atoms with van der Waals surface area (Å²) in [6.45, 7) is -0.733. The standard InChI is InChI=1S/C22H15F2N3O2/c1-29-21-8-16(14-4-2-13(9-25)3-5-14)22(27-12-26-10-20(21)27)15-6-18(23)17(11-28)19(24)7-15/h2-8,10,12,28H,11H2,1H3. The van der Waals surface area contributed by atoms with Gasteiger partial charge in [-0.25, -0.2) is 13.8 Å². The van der Waals surface area contributed by atoms with Crippen LogP contribution >= 0.6 is 0 Å². The number of aromatic nitrogens is 2. The Morgan fingerprint density at radius 3 is 2.38 bits per heavy atom. The number of aliphatic hydroxyl groups excluding tert-OH is 1. The molecule has 2 aromatic carbocycles. The zero-order chi connectivity index (χ0) is 20.5. The molecule has 0 fully saturated rings. The van der Waals surface area contributed by atoms with Gasteiger partial charge in [0.1, 0.15) is 22.9 Å². The van der Waals surface area contributed by atoms with E-state index >= 15 is 0 Å². The Morgan fingerprint density at radius 2 is 1.79 bits per heavy atom. The van der Waals surface area contributed by atoms with Gasteiger partial charge in [-0.1, -0.05) is 12.1 Å². The number of nitriles is 1. The molecule has 144 valence electrons. The topological polar surface area (TPSA) is 70.5 Å². The number of pyridine rings is 1. The Balaban J connectivity index is 2.06. The van der Waals surface area contributed by atoms with Crippen LogP contribution in [0, 0.1) is 23.0 Å². The van der Waals surface area contributed by atoms with Crippen molar-refractivity contribution >= 4 is 5.52 Å². The van der Waals surface area contributed by atoms with Gasteiger partial charge in [0, 0.05) is 16.7 Å². The van der Waals surface area contributed by atoms with Crippen LogP contribution in [-0.2, 0) is 6.61 Å². The number of ether oxygens (including phenoxy) is 1. The Bertz CT molecular complexity index is 1230. The summed E-state index contributed by atoms with van der Waals surface area (Å²) in [6, 6.07) is 13.0. The van der Waals surface area contributed by atoms with Crippen molar-refractivity contribution in [2.45, 2.75) is 6.61 Å². The molecule has 7 heteroatoms. The van der Waals surface area contributed by atoms with Gasteiger partial charge in [0.15, 0.2) is 0 Å². The van der Waals surface area contributed by atoms with Crippen LogP contribution < -0.4 is 4.74 Å². The van der Waals surface area contributed by atoms with Gasteiger partial charge in [-0.2, -0.15) is 5.26 Å². The average molecular weight is 391 g/mol. The Labute approximate surface area is 165 Å². The van der Waals surface area contributed by atoms with E-state index in [4.69, 9.17) is 10.00 Å². The Kier molecular flexibility index (Phi) is 4.71. The number of hydrogen-bond donors (Lipinski definition) is 1. The first-order chi connectivity index (χ1) is 14.1. The second kappa shape index (κ2) is 7.34. The normalized spacial score (nSPS) is 10.9. The summed E-state index contributed by atoms with van der Waals surface area (Å²) in [5.74, 6) is -1.13. The number of nitrogens with zero attached hydrogens (tertiary/aromatic N) is 3. The van der Waals surface area contributed by atoms with Gasteiger partial charge in [-0.05, 0) is 35.9 Å². The van der Waals surface area contributed by atoms with Crippen molar-refractivity contribution in [1.82, 2.24) is 9.38 Å². The third kappa shape index (κ3) is 3.10. The van der Waals surface area contributed by atoms with E-state index in [1.165, 1.54) is 25.6 Å². The average Bonchev–Trinajstić information content (AvgIpc) is 3.22. The third-order valence-corrected chi connectivity index (χ3v) is 4.78. The molecule has 0 spiro atoms. The van der Waals surface area contributed by atoms with Crippen molar-refractivity contribution in [2.24, 2.45) is 0 Å². The van der Waals surface area contributed by atoms with Crippen LogP contribution in [0.25, 0.3) is 27.9 Å². The predicted molar refractivity (Wildman–Crippen MR) is 103 cm³/mol. The Hall–Kier alpha value is -3.76. The van der Waals surface area contributed by atoms with Crippen LogP contribution in [-0.4, -0.2) is 21.6 Å². The smallest absolute Gasteiger partial charge is 0.145 e. The molecule has 0 unspecified atom stereocenters. The zero-order valence-electron chi connectivity index (χ0n) is 15.4. The first-order valence-electron chi connectivity index (χ1n) is 8.70. The fraction of sp³-hybridized carbons (Fsp3) is 0.0909. The van der Waals surface area contributed by atoms with E-state index in [2.05, 4.69) is 11.1 Å². The molecule has 5 nitrogen and oxygen atoms in total. The van der Waals surface area contributed by atoms with Crippen molar-refractivity contribution in [3.63, 3.8) is 0 Å². The van der Waals surface area contributed by atoms with Gasteiger partial charge < -0.3 is 9.84 Å². The van der Waals surface area contributed by atoms with Crippen LogP contribution in [0.3, 0.4) is 0 Å². The number of hydrogen-bond acceptors (Lipinski definition) is 4. The molecule has 0 bridgehead atoms. The highest BCUT2D eigenvalue weighted by Crippen LogP contribution is 2.38. The molecule has 2 heterocycles. The number of fused-ring (bicyclic) bond motifs is 1. The van der Waals surface area contributed by atoms with Gasteiger partial charge >= 0.3 is 0 Å². The quantitative estimate of drug-likeness (QED) is 0.563. The molecule has 0 atom stereocenters. The third-order valence-electron chi connectivity index (χ3n) is 4.78. The maximum Gasteiger partial charge on any atom is 0.145 e. The molecular formula is C22H15F2N3O2. The molecule has 0 aliphatic carbocycles. The van der Waals surface area contributed by atoms with E-state index in [1.54, 1.807) is 40.9 Å². The van der Waals surface area contributed by atoms with Crippen LogP contribution in [0.1, 0.15) is 11.1 Å². The zero-order valence-corrected chi connectivity index (χ0v) is 15.4. The second-order valence-corrected chi connectivity index (χ2v) is 6.39. The molecule has 0 saturated carbocycles. The van der Waals surface area contributed by atoms with E-state index in [0.717, 1.165) is 5.56 Å². The van der Waals surface area contributed by atoms with E-state index in [9.17, 15) is 13.9 Å². The number of benzene rings is 2. The lowest BCUT2D eigenvalue weighted by atomic mass is 9.96. The first kappa shape index (κ1) is 18.6. The summed E-state index contributed by atoms with van der Waals surface area (Å²) in [7, 11) is 1.53. The summed E-state index contributed by atoms with van der Waals surface area (Å²) in [5.41, 5.74) is 2.91. The number of halogens is 2. The van der Waals surface area contributed by atoms with Crippen molar-refractivity contribution in [3.05, 3.63) is 77.8 Å². The molecule has 29 heavy (non-hydrogen) atoms. The lowest BCUT2D eigenvalue weighted by Crippen LogP contribution is -2.01. The largest absolute Gasteiger partial charge is 0.494 e. The summed E-state index contributed by atoms with van der Waals surface area (Å²) in [4.78, 5) is 4.15. The van der Waals surface area contributed by atoms with Crippen molar-refractivity contribution in [1.29, 1.82) is 5.26 Å². The lowest BCUT2D eigenvalue weighted by molar-refractivity contribution is 0.269. The fourth-order valence-electron chi connectivity index (χ4n) is 3.35. The molecule has 0 aliphatic rings. The minimum Gasteiger partial charge on any atom is -0.494 e. The fourth-order valence-corrected chi connectivity index (χ4v) is 3.35. The van der Waals surface area contributed by atoms with Gasteiger partial charge in [-0.3, -0.25) is 4.40 Å². The van der Waals surface area contributed by atoms with Crippen LogP contribution in [0.2, 0.25) is 0 Å². The predicted octanol–water partition coefficient (Wildman–Crippen LogP) is 4.32. The molecule has 0 radical (unpaired) electrons. The molecule has 4 rings (SSSR count). The molecular weight excluding hydrogens is 376 g/mol. The summed E-state index contributed by atoms with van der Waals surface area (Å²) in [6.07, 6.45) is 3.13. The van der Waals surface area contributed by atoms with Gasteiger partial charge in [0.25, 0.3) is 0 Å². The van der Waals surface area contributed by atoms with Gasteiger partial charge in [0.05, 0.1) is 43.6 Å². The highest BCUT2D eigenvalue weighted by Gasteiger charge is 2.19. The minimum absolute atomic E-state index is 0.280. The number of aliphatic hydroxyl groups is 1. The maximum atomic E-state index is 14.4. The molecule has 0 amide bonds. The SMILES string of the molecule is COc1cc(-c2ccc(C#N)cc2)c(-c2cc(F)c(CO)c(F)c2)n2cncc12. The van der Waals surface area contributed by atoms with E-state index in [1.807, 2.05) is 0 Å². The monoisotopic (exact) mass is 391 g/mol. The van der Waals surface area contributed by atoms with Gasteiger partial charge in [-0.15, -0.1) is 0 Å². The van der Waals surface area contributed by atoms with Crippen molar-refractivity contribution < 1.29 is 18.6 Å². The van der Waals surface area contributed by atoms with E-state index in [0.29, 0.717) is 28.1 Å². The molecule has 0 aliphatic heterocycles. The van der Waals surface area contributed by atoms with Crippen molar-refractivity contribution in [2.75, 3.05) is 7.11 Å². The number of imidazole rings is 1. The van der Waals surface area contributed by atoms with E-state index in [-0.39, 0.29) is 11.1 Å². The van der Waals surface area contributed by atoms with E-state index < -0.39 is 18.2 Å². The first-order valence-corrected chi connectivity index (χ1v) is 8.70. The van der Waals surface area contributed by atoms with Crippen LogP contribution in [0.4, 0.5) is 8.78 Å². The molecule has 4 aromatic rings. The number of rotatable bonds is 4. The van der Waals surface area contributed by atoms with Crippen LogP contribution in [0.5, 0.6) is 5.75 Å². The lowest BCUT2D eigenvalue weighted by Gasteiger charge is -2.17. The van der Waals surface area contributed by atoms with Gasteiger partial charge in [0.2, 0.25) is 0 Å². The summed E-state index contributed by atoms with van der Waals surface area (Å²) < 4.78 is 36.0. The molecule has 0 saturated heterocycles. The highest BCUT2D eigenvalue weighted by atomic mass is 19.1. The highest BCUT2D eigenvalue weighted by molar-refractivity contribution is 5.86. The maximum absolute atomic E-state index is 14.4.